The molecular formula is C24H34F3N3O3. The van der Waals surface area contributed by atoms with Gasteiger partial charge in [-0.1, -0.05) is 39.3 Å². The summed E-state index contributed by atoms with van der Waals surface area (Å²) < 4.78 is 41.0. The maximum absolute atomic E-state index is 13.3. The van der Waals surface area contributed by atoms with Crippen molar-refractivity contribution in [3.8, 4) is 5.75 Å². The maximum atomic E-state index is 13.3. The Bertz CT molecular complexity index is 818. The quantitative estimate of drug-likeness (QED) is 0.623. The van der Waals surface area contributed by atoms with E-state index in [1.165, 1.54) is 12.1 Å². The summed E-state index contributed by atoms with van der Waals surface area (Å²) in [6, 6.07) is 5.39. The molecule has 1 unspecified atom stereocenters. The number of benzene rings is 1. The number of hydrogen-bond acceptors (Lipinski definition) is 4. The van der Waals surface area contributed by atoms with Crippen molar-refractivity contribution in [2.24, 2.45) is 5.92 Å². The molecule has 0 aliphatic carbocycles. The second-order valence-corrected chi connectivity index (χ2v) is 9.50. The van der Waals surface area contributed by atoms with E-state index in [1.807, 2.05) is 18.7 Å². The van der Waals surface area contributed by atoms with Gasteiger partial charge in [-0.05, 0) is 49.3 Å². The van der Waals surface area contributed by atoms with Crippen LogP contribution in [0.2, 0.25) is 0 Å². The van der Waals surface area contributed by atoms with Gasteiger partial charge in [0.05, 0.1) is 0 Å². The van der Waals surface area contributed by atoms with E-state index in [4.69, 9.17) is 0 Å². The highest BCUT2D eigenvalue weighted by molar-refractivity contribution is 6.00. The Balaban J connectivity index is 1.66. The molecule has 0 bridgehead atoms. The summed E-state index contributed by atoms with van der Waals surface area (Å²) in [6.45, 7) is 8.54. The van der Waals surface area contributed by atoms with Crippen LogP contribution >= 0.6 is 0 Å². The minimum Gasteiger partial charge on any atom is -0.406 e. The third-order valence-electron chi connectivity index (χ3n) is 6.50. The van der Waals surface area contributed by atoms with Gasteiger partial charge in [-0.15, -0.1) is 13.2 Å². The lowest BCUT2D eigenvalue weighted by molar-refractivity contribution is -0.274. The maximum Gasteiger partial charge on any atom is 0.573 e. The van der Waals surface area contributed by atoms with Gasteiger partial charge in [0.25, 0.3) is 0 Å². The average molecular weight is 470 g/mol. The highest BCUT2D eigenvalue weighted by Gasteiger charge is 2.53. The minimum atomic E-state index is -4.71. The van der Waals surface area contributed by atoms with Crippen LogP contribution in [0.3, 0.4) is 0 Å². The number of nitrogens with one attached hydrogen (secondary N) is 1. The molecule has 2 saturated heterocycles. The summed E-state index contributed by atoms with van der Waals surface area (Å²) >= 11 is 0. The van der Waals surface area contributed by atoms with Crippen molar-refractivity contribution >= 4 is 11.8 Å². The Morgan fingerprint density at radius 1 is 1.15 bits per heavy atom. The Morgan fingerprint density at radius 3 is 2.33 bits per heavy atom. The van der Waals surface area contributed by atoms with Gasteiger partial charge in [-0.2, -0.15) is 0 Å². The second-order valence-electron chi connectivity index (χ2n) is 9.50. The number of piperidine rings is 1. The number of likely N-dealkylation sites (tertiary alicyclic amines) is 1. The lowest BCUT2D eigenvalue weighted by Gasteiger charge is -2.52. The van der Waals surface area contributed by atoms with Crippen LogP contribution in [-0.4, -0.2) is 59.2 Å². The van der Waals surface area contributed by atoms with Crippen LogP contribution in [0, 0.1) is 5.92 Å². The number of piperazine rings is 1. The smallest absolute Gasteiger partial charge is 0.406 e. The number of rotatable bonds is 8. The van der Waals surface area contributed by atoms with Crippen molar-refractivity contribution in [3.63, 3.8) is 0 Å². The molecule has 9 heteroatoms. The molecule has 2 fully saturated rings. The fraction of sp³-hybridized carbons (Fsp3) is 0.667. The summed E-state index contributed by atoms with van der Waals surface area (Å²) in [7, 11) is 0. The molecule has 6 nitrogen and oxygen atoms in total. The lowest BCUT2D eigenvalue weighted by Crippen LogP contribution is -2.73. The highest BCUT2D eigenvalue weighted by atomic mass is 19.4. The number of amides is 2. The van der Waals surface area contributed by atoms with E-state index in [0.717, 1.165) is 18.4 Å². The minimum absolute atomic E-state index is 0.0189. The second kappa shape index (κ2) is 10.3. The first-order valence-electron chi connectivity index (χ1n) is 11.7. The number of carbonyl (C=O) groups excluding carboxylic acids is 2. The third-order valence-corrected chi connectivity index (χ3v) is 6.50. The Labute approximate surface area is 193 Å². The van der Waals surface area contributed by atoms with Crippen LogP contribution in [0.25, 0.3) is 0 Å². The molecule has 2 aliphatic heterocycles. The molecule has 3 rings (SSSR count). The van der Waals surface area contributed by atoms with E-state index in [2.05, 4.69) is 21.9 Å². The number of unbranched alkanes of at least 4 members (excludes halogenated alkanes) is 1. The fourth-order valence-electron chi connectivity index (χ4n) is 4.78. The van der Waals surface area contributed by atoms with Crippen LogP contribution in [0.1, 0.15) is 58.4 Å². The summed E-state index contributed by atoms with van der Waals surface area (Å²) in [5.41, 5.74) is 0.0465. The van der Waals surface area contributed by atoms with Crippen LogP contribution in [0.15, 0.2) is 24.3 Å². The molecule has 0 saturated carbocycles. The molecule has 1 spiro atoms. The first-order chi connectivity index (χ1) is 15.5. The van der Waals surface area contributed by atoms with E-state index in [-0.39, 0.29) is 17.6 Å². The normalized spacial score (nSPS) is 21.5. The molecule has 1 aromatic rings. The average Bonchev–Trinajstić information content (AvgIpc) is 2.73. The Morgan fingerprint density at radius 2 is 1.79 bits per heavy atom. The summed E-state index contributed by atoms with van der Waals surface area (Å²) in [4.78, 5) is 30.6. The van der Waals surface area contributed by atoms with Gasteiger partial charge in [0, 0.05) is 26.2 Å². The molecule has 0 aromatic heterocycles. The predicted molar refractivity (Wildman–Crippen MR) is 118 cm³/mol. The van der Waals surface area contributed by atoms with Crippen molar-refractivity contribution in [3.05, 3.63) is 29.8 Å². The van der Waals surface area contributed by atoms with Crippen molar-refractivity contribution in [1.29, 1.82) is 0 Å². The molecule has 1 atom stereocenters. The number of hydrogen-bond donors (Lipinski definition) is 1. The first kappa shape index (κ1) is 25.3. The van der Waals surface area contributed by atoms with Gasteiger partial charge in [0.2, 0.25) is 11.8 Å². The van der Waals surface area contributed by atoms with Gasteiger partial charge in [-0.3, -0.25) is 14.5 Å². The topological polar surface area (TPSA) is 61.9 Å². The largest absolute Gasteiger partial charge is 0.573 e. The van der Waals surface area contributed by atoms with Crippen molar-refractivity contribution in [2.75, 3.05) is 19.6 Å². The van der Waals surface area contributed by atoms with Crippen molar-refractivity contribution < 1.29 is 27.5 Å². The van der Waals surface area contributed by atoms with Gasteiger partial charge < -0.3 is 15.0 Å². The van der Waals surface area contributed by atoms with Gasteiger partial charge >= 0.3 is 6.36 Å². The number of carbonyl (C=O) groups is 2. The molecule has 0 radical (unpaired) electrons. The van der Waals surface area contributed by atoms with Crippen molar-refractivity contribution in [1.82, 2.24) is 15.1 Å². The Hall–Kier alpha value is -2.29. The molecule has 2 amide bonds. The molecule has 2 aliphatic rings. The zero-order valence-corrected chi connectivity index (χ0v) is 19.6. The highest BCUT2D eigenvalue weighted by Crippen LogP contribution is 2.35. The van der Waals surface area contributed by atoms with Crippen LogP contribution in [-0.2, 0) is 16.1 Å². The lowest BCUT2D eigenvalue weighted by atomic mass is 9.80. The SMILES string of the molecule is CCCCN1C(=O)C(CC(C)C)NC(=O)C12CCN(Cc1ccc(OC(F)(F)F)cc1)CC2. The van der Waals surface area contributed by atoms with E-state index in [9.17, 15) is 22.8 Å². The molecule has 1 aromatic carbocycles. The summed E-state index contributed by atoms with van der Waals surface area (Å²) in [5, 5.41) is 3.00. The number of ether oxygens (including phenoxy) is 1. The summed E-state index contributed by atoms with van der Waals surface area (Å²) in [5.74, 6) is 0.0162. The monoisotopic (exact) mass is 469 g/mol. The van der Waals surface area contributed by atoms with Crippen LogP contribution in [0.5, 0.6) is 5.75 Å². The third kappa shape index (κ3) is 6.19. The summed E-state index contributed by atoms with van der Waals surface area (Å²) in [6.07, 6.45) is -1.21. The molecule has 33 heavy (non-hydrogen) atoms. The molecule has 1 N–H and O–H groups in total. The van der Waals surface area contributed by atoms with Crippen LogP contribution in [0.4, 0.5) is 13.2 Å². The van der Waals surface area contributed by atoms with E-state index >= 15 is 0 Å². The Kier molecular flexibility index (Phi) is 7.92. The van der Waals surface area contributed by atoms with E-state index in [1.54, 1.807) is 12.1 Å². The van der Waals surface area contributed by atoms with Gasteiger partial charge in [-0.25, -0.2) is 0 Å². The number of alkyl halides is 3. The zero-order chi connectivity index (χ0) is 24.2. The van der Waals surface area contributed by atoms with Gasteiger partial charge in [0.1, 0.15) is 17.3 Å². The fourth-order valence-corrected chi connectivity index (χ4v) is 4.78. The van der Waals surface area contributed by atoms with Crippen LogP contribution < -0.4 is 10.1 Å². The van der Waals surface area contributed by atoms with Gasteiger partial charge in [0.15, 0.2) is 0 Å². The standard InChI is InChI=1S/C24H34F3N3O3/c1-4-5-12-30-21(31)20(15-17(2)3)28-22(32)23(30)10-13-29(14-11-23)16-18-6-8-19(9-7-18)33-24(25,26)27/h6-9,17,20H,4-5,10-16H2,1-3H3,(H,28,32). The van der Waals surface area contributed by atoms with E-state index < -0.39 is 17.9 Å². The zero-order valence-electron chi connectivity index (χ0n) is 19.6. The molecule has 184 valence electrons. The first-order valence-corrected chi connectivity index (χ1v) is 11.7. The van der Waals surface area contributed by atoms with E-state index in [0.29, 0.717) is 51.4 Å². The molecular weight excluding hydrogens is 435 g/mol. The number of halogens is 3. The molecule has 2 heterocycles. The van der Waals surface area contributed by atoms with Crippen molar-refractivity contribution in [2.45, 2.75) is 77.4 Å². The number of nitrogens with zero attached hydrogens (tertiary/aromatic N) is 2. The predicted octanol–water partition coefficient (Wildman–Crippen LogP) is 4.09.